The lowest BCUT2D eigenvalue weighted by atomic mass is 10.0. The van der Waals surface area contributed by atoms with Crippen LogP contribution in [0.2, 0.25) is 10.0 Å². The summed E-state index contributed by atoms with van der Waals surface area (Å²) in [5, 5.41) is 9.42. The molecule has 0 spiro atoms. The maximum absolute atomic E-state index is 11.7. The van der Waals surface area contributed by atoms with Crippen molar-refractivity contribution in [1.82, 2.24) is 0 Å². The second-order valence-corrected chi connectivity index (χ2v) is 4.54. The van der Waals surface area contributed by atoms with Gasteiger partial charge in [-0.2, -0.15) is 0 Å². The van der Waals surface area contributed by atoms with Gasteiger partial charge in [-0.3, -0.25) is 4.79 Å². The van der Waals surface area contributed by atoms with E-state index in [0.717, 1.165) is 0 Å². The molecule has 1 aromatic carbocycles. The Morgan fingerprint density at radius 1 is 1.33 bits per heavy atom. The molecule has 0 saturated carbocycles. The van der Waals surface area contributed by atoms with Gasteiger partial charge in [-0.1, -0.05) is 37.0 Å². The second-order valence-electron chi connectivity index (χ2n) is 3.78. The zero-order valence-electron chi connectivity index (χ0n) is 8.55. The topological polar surface area (TPSA) is 37.3 Å². The van der Waals surface area contributed by atoms with Gasteiger partial charge >= 0.3 is 0 Å². The van der Waals surface area contributed by atoms with Crippen LogP contribution in [0.4, 0.5) is 0 Å². The van der Waals surface area contributed by atoms with Crippen molar-refractivity contribution in [3.63, 3.8) is 0 Å². The van der Waals surface area contributed by atoms with Crippen LogP contribution >= 0.6 is 23.2 Å². The van der Waals surface area contributed by atoms with Crippen LogP contribution < -0.4 is 0 Å². The van der Waals surface area contributed by atoms with Crippen molar-refractivity contribution in [2.45, 2.75) is 20.3 Å². The van der Waals surface area contributed by atoms with Crippen LogP contribution in [-0.4, -0.2) is 10.9 Å². The Bertz CT molecular complexity index is 386. The molecule has 1 rings (SSSR count). The monoisotopic (exact) mass is 246 g/mol. The quantitative estimate of drug-likeness (QED) is 0.821. The number of hydrogen-bond donors (Lipinski definition) is 1. The molecule has 0 heterocycles. The molecule has 1 aromatic rings. The number of Topliss-reactive ketones (excluding diaryl/α,β-unsaturated/α-hetero) is 1. The van der Waals surface area contributed by atoms with E-state index in [1.165, 1.54) is 12.1 Å². The van der Waals surface area contributed by atoms with Gasteiger partial charge in [-0.25, -0.2) is 0 Å². The third-order valence-corrected chi connectivity index (χ3v) is 2.83. The highest BCUT2D eigenvalue weighted by molar-refractivity contribution is 6.44. The Morgan fingerprint density at radius 2 is 1.93 bits per heavy atom. The van der Waals surface area contributed by atoms with E-state index in [1.807, 2.05) is 13.8 Å². The minimum Gasteiger partial charge on any atom is -0.506 e. The summed E-state index contributed by atoms with van der Waals surface area (Å²) in [7, 11) is 0. The van der Waals surface area contributed by atoms with Gasteiger partial charge in [0.25, 0.3) is 0 Å². The first kappa shape index (κ1) is 12.3. The third kappa shape index (κ3) is 2.86. The Hall–Kier alpha value is -0.730. The molecule has 0 amide bonds. The summed E-state index contributed by atoms with van der Waals surface area (Å²) in [5.74, 6) is 0.0980. The fourth-order valence-electron chi connectivity index (χ4n) is 1.24. The van der Waals surface area contributed by atoms with Crippen LogP contribution in [0.1, 0.15) is 30.6 Å². The number of carbonyl (C=O) groups is 1. The molecule has 0 fully saturated rings. The Kier molecular flexibility index (Phi) is 4.00. The van der Waals surface area contributed by atoms with Crippen LogP contribution in [0.3, 0.4) is 0 Å². The van der Waals surface area contributed by atoms with Crippen molar-refractivity contribution in [3.05, 3.63) is 27.7 Å². The molecule has 2 nitrogen and oxygen atoms in total. The molecule has 0 saturated heterocycles. The minimum atomic E-state index is -0.109. The largest absolute Gasteiger partial charge is 0.506 e. The van der Waals surface area contributed by atoms with E-state index in [0.29, 0.717) is 12.0 Å². The number of hydrogen-bond acceptors (Lipinski definition) is 2. The van der Waals surface area contributed by atoms with Gasteiger partial charge in [0.1, 0.15) is 10.8 Å². The number of phenols is 1. The molecule has 0 aromatic heterocycles. The second kappa shape index (κ2) is 4.86. The Balaban J connectivity index is 3.06. The van der Waals surface area contributed by atoms with Crippen molar-refractivity contribution in [2.24, 2.45) is 5.92 Å². The normalized spacial score (nSPS) is 10.7. The van der Waals surface area contributed by atoms with Gasteiger partial charge in [0.2, 0.25) is 0 Å². The van der Waals surface area contributed by atoms with Gasteiger partial charge in [0.15, 0.2) is 5.78 Å². The Labute approximate surface area is 98.8 Å². The lowest BCUT2D eigenvalue weighted by Gasteiger charge is -2.07. The number of rotatable bonds is 3. The molecule has 0 unspecified atom stereocenters. The van der Waals surface area contributed by atoms with Crippen LogP contribution in [0.15, 0.2) is 12.1 Å². The average molecular weight is 247 g/mol. The number of halogens is 2. The SMILES string of the molecule is CC(C)CC(=O)c1ccc(O)c(Cl)c1Cl. The molecule has 15 heavy (non-hydrogen) atoms. The lowest BCUT2D eigenvalue weighted by molar-refractivity contribution is 0.0968. The number of ketones is 1. The Morgan fingerprint density at radius 3 is 2.47 bits per heavy atom. The fourth-order valence-corrected chi connectivity index (χ4v) is 1.67. The maximum atomic E-state index is 11.7. The molecule has 0 atom stereocenters. The maximum Gasteiger partial charge on any atom is 0.164 e. The summed E-state index contributed by atoms with van der Waals surface area (Å²) in [6, 6.07) is 2.87. The first-order chi connectivity index (χ1) is 6.93. The summed E-state index contributed by atoms with van der Waals surface area (Å²) < 4.78 is 0. The van der Waals surface area contributed by atoms with Gasteiger partial charge in [-0.05, 0) is 18.1 Å². The highest BCUT2D eigenvalue weighted by atomic mass is 35.5. The van der Waals surface area contributed by atoms with E-state index in [-0.39, 0.29) is 27.5 Å². The molecular weight excluding hydrogens is 235 g/mol. The van der Waals surface area contributed by atoms with Gasteiger partial charge in [0, 0.05) is 12.0 Å². The number of aromatic hydroxyl groups is 1. The molecule has 82 valence electrons. The van der Waals surface area contributed by atoms with E-state index in [4.69, 9.17) is 23.2 Å². The first-order valence-electron chi connectivity index (χ1n) is 4.63. The molecule has 1 N–H and O–H groups in total. The third-order valence-electron chi connectivity index (χ3n) is 1.96. The lowest BCUT2D eigenvalue weighted by Crippen LogP contribution is -2.04. The van der Waals surface area contributed by atoms with Crippen molar-refractivity contribution in [2.75, 3.05) is 0 Å². The van der Waals surface area contributed by atoms with E-state index in [1.54, 1.807) is 0 Å². The summed E-state index contributed by atoms with van der Waals surface area (Å²) in [4.78, 5) is 11.7. The van der Waals surface area contributed by atoms with E-state index >= 15 is 0 Å². The van der Waals surface area contributed by atoms with Crippen molar-refractivity contribution >= 4 is 29.0 Å². The van der Waals surface area contributed by atoms with Crippen LogP contribution in [0.25, 0.3) is 0 Å². The van der Waals surface area contributed by atoms with Crippen molar-refractivity contribution in [3.8, 4) is 5.75 Å². The molecule has 0 radical (unpaired) electrons. The number of carbonyl (C=O) groups excluding carboxylic acids is 1. The molecule has 0 bridgehead atoms. The van der Waals surface area contributed by atoms with Crippen molar-refractivity contribution in [1.29, 1.82) is 0 Å². The smallest absolute Gasteiger partial charge is 0.164 e. The molecular formula is C11H12Cl2O2. The minimum absolute atomic E-state index is 0.0336. The predicted molar refractivity (Wildman–Crippen MR) is 61.9 cm³/mol. The molecule has 0 aliphatic heterocycles. The highest BCUT2D eigenvalue weighted by Crippen LogP contribution is 2.34. The van der Waals surface area contributed by atoms with Crippen molar-refractivity contribution < 1.29 is 9.90 Å². The fraction of sp³-hybridized carbons (Fsp3) is 0.364. The summed E-state index contributed by atoms with van der Waals surface area (Å²) in [5.41, 5.74) is 0.369. The summed E-state index contributed by atoms with van der Waals surface area (Å²) >= 11 is 11.6. The summed E-state index contributed by atoms with van der Waals surface area (Å²) in [6.45, 7) is 3.90. The van der Waals surface area contributed by atoms with E-state index < -0.39 is 0 Å². The number of benzene rings is 1. The van der Waals surface area contributed by atoms with Gasteiger partial charge in [0.05, 0.1) is 5.02 Å². The van der Waals surface area contributed by atoms with E-state index in [2.05, 4.69) is 0 Å². The van der Waals surface area contributed by atoms with Gasteiger partial charge in [-0.15, -0.1) is 0 Å². The zero-order chi connectivity index (χ0) is 11.6. The average Bonchev–Trinajstić information content (AvgIpc) is 2.13. The predicted octanol–water partition coefficient (Wildman–Crippen LogP) is 3.93. The standard InChI is InChI=1S/C11H12Cl2O2/c1-6(2)5-9(15)7-3-4-8(14)11(13)10(7)12/h3-4,6,14H,5H2,1-2H3. The molecule has 0 aliphatic carbocycles. The van der Waals surface area contributed by atoms with Crippen LogP contribution in [0.5, 0.6) is 5.75 Å². The van der Waals surface area contributed by atoms with E-state index in [9.17, 15) is 9.90 Å². The molecule has 4 heteroatoms. The highest BCUT2D eigenvalue weighted by Gasteiger charge is 2.16. The number of phenolic OH excluding ortho intramolecular Hbond substituents is 1. The first-order valence-corrected chi connectivity index (χ1v) is 5.39. The zero-order valence-corrected chi connectivity index (χ0v) is 10.1. The summed E-state index contributed by atoms with van der Waals surface area (Å²) in [6.07, 6.45) is 0.417. The molecule has 0 aliphatic rings. The van der Waals surface area contributed by atoms with Crippen LogP contribution in [0, 0.1) is 5.92 Å². The van der Waals surface area contributed by atoms with Crippen LogP contribution in [-0.2, 0) is 0 Å². The van der Waals surface area contributed by atoms with Gasteiger partial charge < -0.3 is 5.11 Å².